The predicted octanol–water partition coefficient (Wildman–Crippen LogP) is 2.62. The number of nitrogens with one attached hydrogen (secondary N) is 1. The number of nitriles is 1. The molecule has 0 aliphatic heterocycles. The minimum atomic E-state index is 0.127. The molecule has 2 nitrogen and oxygen atoms in total. The van der Waals surface area contributed by atoms with Gasteiger partial charge >= 0.3 is 0 Å². The van der Waals surface area contributed by atoms with Crippen LogP contribution in [-0.2, 0) is 0 Å². The van der Waals surface area contributed by atoms with Gasteiger partial charge in [0.05, 0.1) is 12.5 Å². The average Bonchev–Trinajstić information content (AvgIpc) is 2.14. The summed E-state index contributed by atoms with van der Waals surface area (Å²) in [6.07, 6.45) is 0.493. The normalized spacial score (nSPS) is 12.1. The minimum absolute atomic E-state index is 0.127. The topological polar surface area (TPSA) is 35.8 Å². The molecule has 0 amide bonds. The zero-order valence-electron chi connectivity index (χ0n) is 7.42. The summed E-state index contributed by atoms with van der Waals surface area (Å²) < 4.78 is 1.04. The minimum Gasteiger partial charge on any atom is -0.312 e. The molecule has 0 saturated carbocycles. The molecule has 1 aromatic rings. The van der Waals surface area contributed by atoms with Crippen molar-refractivity contribution in [2.75, 3.05) is 7.05 Å². The van der Waals surface area contributed by atoms with Crippen LogP contribution in [0.3, 0.4) is 0 Å². The third kappa shape index (κ3) is 2.83. The summed E-state index contributed by atoms with van der Waals surface area (Å²) in [5.74, 6) is 0. The van der Waals surface area contributed by atoms with Crippen molar-refractivity contribution in [3.63, 3.8) is 0 Å². The highest BCUT2D eigenvalue weighted by Crippen LogP contribution is 2.19. The summed E-state index contributed by atoms with van der Waals surface area (Å²) in [5, 5.41) is 11.7. The van der Waals surface area contributed by atoms with Crippen LogP contribution in [-0.4, -0.2) is 7.05 Å². The molecule has 1 aromatic carbocycles. The van der Waals surface area contributed by atoms with Gasteiger partial charge in [0.25, 0.3) is 0 Å². The van der Waals surface area contributed by atoms with Crippen molar-refractivity contribution in [2.24, 2.45) is 0 Å². The van der Waals surface area contributed by atoms with E-state index in [1.165, 1.54) is 0 Å². The number of hydrogen-bond acceptors (Lipinski definition) is 2. The van der Waals surface area contributed by atoms with E-state index in [2.05, 4.69) is 27.3 Å². The number of rotatable bonds is 3. The Bertz CT molecular complexity index is 317. The van der Waals surface area contributed by atoms with E-state index in [-0.39, 0.29) is 6.04 Å². The summed E-state index contributed by atoms with van der Waals surface area (Å²) in [5.41, 5.74) is 1.14. The summed E-state index contributed by atoms with van der Waals surface area (Å²) in [6.45, 7) is 0. The second-order valence-corrected chi connectivity index (χ2v) is 3.67. The zero-order chi connectivity index (χ0) is 9.68. The third-order valence-electron chi connectivity index (χ3n) is 1.89. The van der Waals surface area contributed by atoms with Gasteiger partial charge in [-0.1, -0.05) is 28.1 Å². The summed E-state index contributed by atoms with van der Waals surface area (Å²) in [6, 6.07) is 10.3. The van der Waals surface area contributed by atoms with E-state index in [9.17, 15) is 0 Å². The molecule has 0 heterocycles. The van der Waals surface area contributed by atoms with Gasteiger partial charge < -0.3 is 5.32 Å². The van der Waals surface area contributed by atoms with Crippen molar-refractivity contribution in [3.05, 3.63) is 34.3 Å². The van der Waals surface area contributed by atoms with Crippen LogP contribution >= 0.6 is 15.9 Å². The zero-order valence-corrected chi connectivity index (χ0v) is 9.01. The molecule has 0 saturated heterocycles. The van der Waals surface area contributed by atoms with Crippen LogP contribution in [0.1, 0.15) is 18.0 Å². The van der Waals surface area contributed by atoms with Crippen molar-refractivity contribution in [2.45, 2.75) is 12.5 Å². The summed E-state index contributed by atoms with van der Waals surface area (Å²) >= 11 is 3.40. The SMILES string of the molecule is CNC(CC#N)c1cccc(Br)c1. The van der Waals surface area contributed by atoms with Gasteiger partial charge in [0.2, 0.25) is 0 Å². The van der Waals surface area contributed by atoms with Crippen molar-refractivity contribution >= 4 is 15.9 Å². The molecule has 1 atom stereocenters. The van der Waals surface area contributed by atoms with Crippen LogP contribution in [0.5, 0.6) is 0 Å². The van der Waals surface area contributed by atoms with E-state index < -0.39 is 0 Å². The molecule has 0 aromatic heterocycles. The molecular weight excluding hydrogens is 228 g/mol. The lowest BCUT2D eigenvalue weighted by Gasteiger charge is -2.12. The van der Waals surface area contributed by atoms with E-state index in [4.69, 9.17) is 5.26 Å². The Balaban J connectivity index is 2.86. The summed E-state index contributed by atoms with van der Waals surface area (Å²) in [4.78, 5) is 0. The largest absolute Gasteiger partial charge is 0.312 e. The van der Waals surface area contributed by atoms with Crippen LogP contribution in [0.25, 0.3) is 0 Å². The van der Waals surface area contributed by atoms with E-state index in [1.54, 1.807) is 0 Å². The van der Waals surface area contributed by atoms with Crippen LogP contribution < -0.4 is 5.32 Å². The van der Waals surface area contributed by atoms with E-state index in [0.29, 0.717) is 6.42 Å². The molecule has 1 rings (SSSR count). The average molecular weight is 239 g/mol. The van der Waals surface area contributed by atoms with Gasteiger partial charge in [0, 0.05) is 10.5 Å². The fraction of sp³-hybridized carbons (Fsp3) is 0.300. The first-order valence-electron chi connectivity index (χ1n) is 4.07. The maximum Gasteiger partial charge on any atom is 0.0641 e. The number of benzene rings is 1. The third-order valence-corrected chi connectivity index (χ3v) is 2.39. The quantitative estimate of drug-likeness (QED) is 0.879. The Kier molecular flexibility index (Phi) is 3.94. The first kappa shape index (κ1) is 10.2. The smallest absolute Gasteiger partial charge is 0.0641 e. The molecule has 0 fully saturated rings. The van der Waals surface area contributed by atoms with Crippen molar-refractivity contribution in [1.82, 2.24) is 5.32 Å². The van der Waals surface area contributed by atoms with Gasteiger partial charge in [-0.05, 0) is 24.7 Å². The van der Waals surface area contributed by atoms with Crippen LogP contribution in [0.2, 0.25) is 0 Å². The fourth-order valence-corrected chi connectivity index (χ4v) is 1.62. The van der Waals surface area contributed by atoms with Gasteiger partial charge in [0.15, 0.2) is 0 Å². The van der Waals surface area contributed by atoms with E-state index in [0.717, 1.165) is 10.0 Å². The second-order valence-electron chi connectivity index (χ2n) is 2.76. The molecule has 0 aliphatic carbocycles. The monoisotopic (exact) mass is 238 g/mol. The lowest BCUT2D eigenvalue weighted by molar-refractivity contribution is 0.608. The molecule has 0 bridgehead atoms. The maximum atomic E-state index is 8.60. The lowest BCUT2D eigenvalue weighted by Crippen LogP contribution is -2.15. The molecule has 68 valence electrons. The predicted molar refractivity (Wildman–Crippen MR) is 56.2 cm³/mol. The van der Waals surface area contributed by atoms with Gasteiger partial charge in [-0.25, -0.2) is 0 Å². The highest BCUT2D eigenvalue weighted by Gasteiger charge is 2.07. The fourth-order valence-electron chi connectivity index (χ4n) is 1.20. The first-order valence-corrected chi connectivity index (χ1v) is 4.87. The molecule has 1 N–H and O–H groups in total. The highest BCUT2D eigenvalue weighted by atomic mass is 79.9. The van der Waals surface area contributed by atoms with Gasteiger partial charge in [-0.15, -0.1) is 0 Å². The lowest BCUT2D eigenvalue weighted by atomic mass is 10.1. The molecular formula is C10H11BrN2. The number of hydrogen-bond donors (Lipinski definition) is 1. The van der Waals surface area contributed by atoms with Crippen LogP contribution in [0.4, 0.5) is 0 Å². The Hall–Kier alpha value is -0.850. The molecule has 0 aliphatic rings. The maximum absolute atomic E-state index is 8.60. The van der Waals surface area contributed by atoms with Crippen LogP contribution in [0.15, 0.2) is 28.7 Å². The standard InChI is InChI=1S/C10H11BrN2/c1-13-10(5-6-12)8-3-2-4-9(11)7-8/h2-4,7,10,13H,5H2,1H3. The van der Waals surface area contributed by atoms with Crippen LogP contribution in [0, 0.1) is 11.3 Å². The Morgan fingerprint density at radius 3 is 2.92 bits per heavy atom. The molecule has 0 radical (unpaired) electrons. The van der Waals surface area contributed by atoms with Gasteiger partial charge in [0.1, 0.15) is 0 Å². The van der Waals surface area contributed by atoms with Crippen molar-refractivity contribution in [1.29, 1.82) is 5.26 Å². The van der Waals surface area contributed by atoms with Crippen molar-refractivity contribution < 1.29 is 0 Å². The van der Waals surface area contributed by atoms with E-state index >= 15 is 0 Å². The molecule has 0 spiro atoms. The molecule has 3 heteroatoms. The number of nitrogens with zero attached hydrogens (tertiary/aromatic N) is 1. The molecule has 13 heavy (non-hydrogen) atoms. The molecule has 1 unspecified atom stereocenters. The number of halogens is 1. The highest BCUT2D eigenvalue weighted by molar-refractivity contribution is 9.10. The summed E-state index contributed by atoms with van der Waals surface area (Å²) in [7, 11) is 1.86. The Labute approximate surface area is 86.7 Å². The first-order chi connectivity index (χ1) is 6.27. The van der Waals surface area contributed by atoms with E-state index in [1.807, 2.05) is 31.3 Å². The van der Waals surface area contributed by atoms with Gasteiger partial charge in [-0.3, -0.25) is 0 Å². The second kappa shape index (κ2) is 5.00. The van der Waals surface area contributed by atoms with Gasteiger partial charge in [-0.2, -0.15) is 5.26 Å². The Morgan fingerprint density at radius 2 is 2.38 bits per heavy atom. The van der Waals surface area contributed by atoms with Crippen molar-refractivity contribution in [3.8, 4) is 6.07 Å². The Morgan fingerprint density at radius 1 is 1.62 bits per heavy atom.